The van der Waals surface area contributed by atoms with E-state index >= 15 is 0 Å². The van der Waals surface area contributed by atoms with Crippen molar-refractivity contribution in [1.82, 2.24) is 19.9 Å². The molecule has 3 aromatic heterocycles. The first-order chi connectivity index (χ1) is 19.9. The largest absolute Gasteiger partial charge is 0.481 e. The number of rotatable bonds is 10. The highest BCUT2D eigenvalue weighted by Gasteiger charge is 2.26. The van der Waals surface area contributed by atoms with Crippen molar-refractivity contribution in [1.29, 1.82) is 0 Å². The molecule has 41 heavy (non-hydrogen) atoms. The summed E-state index contributed by atoms with van der Waals surface area (Å²) in [5.74, 6) is 0.0135. The quantitative estimate of drug-likeness (QED) is 0.273. The van der Waals surface area contributed by atoms with Gasteiger partial charge in [0.25, 0.3) is 0 Å². The van der Waals surface area contributed by atoms with Crippen LogP contribution in [0.3, 0.4) is 0 Å². The number of pyridine rings is 2. The molecule has 0 aliphatic carbocycles. The second-order valence-corrected chi connectivity index (χ2v) is 9.97. The Morgan fingerprint density at radius 1 is 0.951 bits per heavy atom. The number of benzene rings is 2. The van der Waals surface area contributed by atoms with Crippen molar-refractivity contribution < 1.29 is 14.3 Å². The molecule has 3 heterocycles. The van der Waals surface area contributed by atoms with Crippen LogP contribution in [0.5, 0.6) is 5.88 Å². The van der Waals surface area contributed by atoms with Gasteiger partial charge in [-0.15, -0.1) is 0 Å². The number of methoxy groups -OCH3 is 1. The smallest absolute Gasteiger partial charge is 0.249 e. The Hall–Kier alpha value is -4.98. The first-order valence-corrected chi connectivity index (χ1v) is 13.5. The van der Waals surface area contributed by atoms with Gasteiger partial charge in [-0.2, -0.15) is 0 Å². The van der Waals surface area contributed by atoms with E-state index < -0.39 is 6.04 Å². The Morgan fingerprint density at radius 2 is 1.71 bits per heavy atom. The molecule has 0 radical (unpaired) electrons. The van der Waals surface area contributed by atoms with Gasteiger partial charge >= 0.3 is 0 Å². The van der Waals surface area contributed by atoms with Gasteiger partial charge in [-0.3, -0.25) is 14.6 Å². The summed E-state index contributed by atoms with van der Waals surface area (Å²) in [5.41, 5.74) is 5.66. The molecule has 8 nitrogen and oxygen atoms in total. The van der Waals surface area contributed by atoms with E-state index in [1.165, 1.54) is 4.90 Å². The lowest BCUT2D eigenvalue weighted by atomic mass is 10.0. The van der Waals surface area contributed by atoms with Gasteiger partial charge in [-0.25, -0.2) is 4.98 Å². The molecule has 8 heteroatoms. The van der Waals surface area contributed by atoms with Crippen molar-refractivity contribution in [3.05, 3.63) is 120 Å². The molecule has 208 valence electrons. The number of carbonyl (C=O) groups is 2. The van der Waals surface area contributed by atoms with Crippen LogP contribution < -0.4 is 15.0 Å². The zero-order chi connectivity index (χ0) is 28.8. The maximum atomic E-state index is 13.7. The molecule has 1 N–H and O–H groups in total. The minimum Gasteiger partial charge on any atom is -0.481 e. The number of ether oxygens (including phenoxy) is 1. The number of likely N-dealkylation sites (N-methyl/N-ethyl adjacent to an activating group) is 1. The number of nitrogens with zero attached hydrogens (tertiary/aromatic N) is 4. The van der Waals surface area contributed by atoms with E-state index in [0.717, 1.165) is 33.3 Å². The molecule has 0 spiro atoms. The van der Waals surface area contributed by atoms with Crippen LogP contribution in [0.1, 0.15) is 22.4 Å². The van der Waals surface area contributed by atoms with Gasteiger partial charge < -0.3 is 19.5 Å². The van der Waals surface area contributed by atoms with E-state index in [-0.39, 0.29) is 18.2 Å². The van der Waals surface area contributed by atoms with Gasteiger partial charge in [0.1, 0.15) is 6.04 Å². The Balaban J connectivity index is 1.40. The van der Waals surface area contributed by atoms with Crippen LogP contribution in [-0.2, 0) is 29.0 Å². The number of amides is 2. The monoisotopic (exact) mass is 547 g/mol. The highest BCUT2D eigenvalue weighted by atomic mass is 16.5. The lowest BCUT2D eigenvalue weighted by Crippen LogP contribution is -2.49. The van der Waals surface area contributed by atoms with Crippen molar-refractivity contribution in [3.63, 3.8) is 0 Å². The minimum absolute atomic E-state index is 0.152. The number of para-hydroxylation sites is 1. The number of nitrogens with one attached hydrogen (secondary N) is 1. The molecule has 0 aliphatic rings. The standard InChI is InChI=1S/C33H33N5O3/c1-23-28(27-13-7-8-14-30(27)38(23)22-25-12-9-17-34-20-25)19-31(39)36-29(18-24-10-5-4-6-11-24)33(40)37(2)26-15-16-32(41-3)35-21-26/h4-17,20-21,29H,18-19,22H2,1-3H3,(H,36,39)/t29-/m0/s1. The molecule has 1 atom stereocenters. The summed E-state index contributed by atoms with van der Waals surface area (Å²) < 4.78 is 7.36. The number of anilines is 1. The number of hydrogen-bond donors (Lipinski definition) is 1. The molecular formula is C33H33N5O3. The molecule has 0 saturated carbocycles. The van der Waals surface area contributed by atoms with Gasteiger partial charge in [-0.1, -0.05) is 54.6 Å². The predicted octanol–water partition coefficient (Wildman–Crippen LogP) is 4.73. The van der Waals surface area contributed by atoms with E-state index in [9.17, 15) is 9.59 Å². The first-order valence-electron chi connectivity index (χ1n) is 13.5. The Bertz CT molecular complexity index is 1630. The third kappa shape index (κ3) is 6.27. The summed E-state index contributed by atoms with van der Waals surface area (Å²) in [6.07, 6.45) is 5.71. The second kappa shape index (κ2) is 12.5. The maximum absolute atomic E-state index is 13.7. The van der Waals surface area contributed by atoms with E-state index in [2.05, 4.69) is 25.9 Å². The molecule has 0 bridgehead atoms. The van der Waals surface area contributed by atoms with Gasteiger partial charge in [0, 0.05) is 55.1 Å². The van der Waals surface area contributed by atoms with Crippen LogP contribution in [0.15, 0.2) is 97.5 Å². The summed E-state index contributed by atoms with van der Waals surface area (Å²) in [4.78, 5) is 37.3. The van der Waals surface area contributed by atoms with Crippen LogP contribution in [-0.4, -0.2) is 46.5 Å². The Kier molecular flexibility index (Phi) is 8.39. The van der Waals surface area contributed by atoms with Crippen molar-refractivity contribution in [2.45, 2.75) is 32.4 Å². The molecule has 0 saturated heterocycles. The lowest BCUT2D eigenvalue weighted by Gasteiger charge is -2.25. The molecule has 5 aromatic rings. The Morgan fingerprint density at radius 3 is 2.41 bits per heavy atom. The van der Waals surface area contributed by atoms with Crippen LogP contribution in [0.2, 0.25) is 0 Å². The number of fused-ring (bicyclic) bond motifs is 1. The summed E-state index contributed by atoms with van der Waals surface area (Å²) in [6.45, 7) is 2.69. The number of carbonyl (C=O) groups excluding carboxylic acids is 2. The zero-order valence-corrected chi connectivity index (χ0v) is 23.4. The van der Waals surface area contributed by atoms with Crippen molar-refractivity contribution in [2.75, 3.05) is 19.1 Å². The third-order valence-electron chi connectivity index (χ3n) is 7.33. The first kappa shape index (κ1) is 27.6. The van der Waals surface area contributed by atoms with E-state index in [1.807, 2.05) is 73.8 Å². The highest BCUT2D eigenvalue weighted by molar-refractivity contribution is 5.99. The fourth-order valence-electron chi connectivity index (χ4n) is 5.11. The van der Waals surface area contributed by atoms with Crippen LogP contribution in [0.4, 0.5) is 5.69 Å². The lowest BCUT2D eigenvalue weighted by molar-refractivity contribution is -0.127. The van der Waals surface area contributed by atoms with E-state index in [4.69, 9.17) is 4.74 Å². The van der Waals surface area contributed by atoms with E-state index in [1.54, 1.807) is 38.7 Å². The fraction of sp³-hybridized carbons (Fsp3) is 0.212. The van der Waals surface area contributed by atoms with Gasteiger partial charge in [-0.05, 0) is 41.8 Å². The summed E-state index contributed by atoms with van der Waals surface area (Å²) in [5, 5.41) is 4.07. The summed E-state index contributed by atoms with van der Waals surface area (Å²) >= 11 is 0. The van der Waals surface area contributed by atoms with Crippen molar-refractivity contribution >= 4 is 28.4 Å². The molecular weight excluding hydrogens is 514 g/mol. The van der Waals surface area contributed by atoms with Crippen LogP contribution in [0.25, 0.3) is 10.9 Å². The number of hydrogen-bond acceptors (Lipinski definition) is 5. The van der Waals surface area contributed by atoms with Gasteiger partial charge in [0.2, 0.25) is 17.7 Å². The van der Waals surface area contributed by atoms with Crippen molar-refractivity contribution in [3.8, 4) is 5.88 Å². The summed E-state index contributed by atoms with van der Waals surface area (Å²) in [6, 6.07) is 24.5. The Labute approximate surface area is 239 Å². The minimum atomic E-state index is -0.763. The van der Waals surface area contributed by atoms with Crippen LogP contribution >= 0.6 is 0 Å². The molecule has 0 fully saturated rings. The average Bonchev–Trinajstić information content (AvgIpc) is 3.27. The van der Waals surface area contributed by atoms with Gasteiger partial charge in [0.05, 0.1) is 25.4 Å². The predicted molar refractivity (Wildman–Crippen MR) is 160 cm³/mol. The zero-order valence-electron chi connectivity index (χ0n) is 23.4. The van der Waals surface area contributed by atoms with Crippen molar-refractivity contribution in [2.24, 2.45) is 0 Å². The third-order valence-corrected chi connectivity index (χ3v) is 7.33. The summed E-state index contributed by atoms with van der Waals surface area (Å²) in [7, 11) is 3.23. The number of aromatic nitrogens is 3. The van der Waals surface area contributed by atoms with E-state index in [0.29, 0.717) is 24.5 Å². The topological polar surface area (TPSA) is 89.4 Å². The van der Waals surface area contributed by atoms with Gasteiger partial charge in [0.15, 0.2) is 0 Å². The fourth-order valence-corrected chi connectivity index (χ4v) is 5.11. The highest BCUT2D eigenvalue weighted by Crippen LogP contribution is 2.27. The molecule has 2 amide bonds. The molecule has 0 aliphatic heterocycles. The molecule has 0 unspecified atom stereocenters. The maximum Gasteiger partial charge on any atom is 0.249 e. The second-order valence-electron chi connectivity index (χ2n) is 9.97. The SMILES string of the molecule is COc1ccc(N(C)C(=O)[C@H](Cc2ccccc2)NC(=O)Cc2c(C)n(Cc3cccnc3)c3ccccc23)cn1. The average molecular weight is 548 g/mol. The molecule has 2 aromatic carbocycles. The molecule has 5 rings (SSSR count). The normalized spacial score (nSPS) is 11.7. The van der Waals surface area contributed by atoms with Crippen LogP contribution in [0, 0.1) is 6.92 Å².